The summed E-state index contributed by atoms with van der Waals surface area (Å²) in [6, 6.07) is 4.44. The molecule has 2 unspecified atom stereocenters. The fourth-order valence-electron chi connectivity index (χ4n) is 2.51. The second kappa shape index (κ2) is 5.70. The number of nitrogens with zero attached hydrogens (tertiary/aromatic N) is 2. The molecule has 7 heteroatoms. The molecule has 1 aliphatic heterocycles. The predicted octanol–water partition coefficient (Wildman–Crippen LogP) is 2.62. The number of hydrogen-bond donors (Lipinski definition) is 1. The Kier molecular flexibility index (Phi) is 4.17. The molecule has 1 aromatic rings. The maximum absolute atomic E-state index is 11.4. The summed E-state index contributed by atoms with van der Waals surface area (Å²) in [5.74, 6) is 0.696. The predicted molar refractivity (Wildman–Crippen MR) is 78.8 cm³/mol. The Morgan fingerprint density at radius 3 is 2.50 bits per heavy atom. The van der Waals surface area contributed by atoms with Gasteiger partial charge in [-0.15, -0.1) is 0 Å². The van der Waals surface area contributed by atoms with E-state index in [1.165, 1.54) is 6.07 Å². The molecule has 2 rings (SSSR count). The molecule has 2 atom stereocenters. The Bertz CT molecular complexity index is 539. The molecule has 1 aliphatic rings. The number of benzene rings is 1. The Morgan fingerprint density at radius 1 is 1.40 bits per heavy atom. The third-order valence-corrected chi connectivity index (χ3v) is 4.80. The molecule has 0 aromatic heterocycles. The molecule has 108 valence electrons. The summed E-state index contributed by atoms with van der Waals surface area (Å²) in [6.45, 7) is 4.07. The molecule has 0 aliphatic carbocycles. The largest absolute Gasteiger partial charge is 0.478 e. The van der Waals surface area contributed by atoms with E-state index in [9.17, 15) is 20.0 Å². The first-order valence-electron chi connectivity index (χ1n) is 6.29. The number of thioether (sulfide) groups is 1. The standard InChI is InChI=1S/C13H16N2O4S/c1-8-6-20-7-9(2)14(8)12-4-3-10(15(18)19)5-11(12)13(16)17/h3-5,8-9H,6-7H2,1-2H3,(H,16,17). The molecule has 0 spiro atoms. The molecule has 20 heavy (non-hydrogen) atoms. The van der Waals surface area contributed by atoms with E-state index in [-0.39, 0.29) is 23.3 Å². The van der Waals surface area contributed by atoms with Crippen LogP contribution in [0.4, 0.5) is 11.4 Å². The van der Waals surface area contributed by atoms with E-state index in [4.69, 9.17) is 0 Å². The number of nitro benzene ring substituents is 1. The minimum absolute atomic E-state index is 0.00944. The highest BCUT2D eigenvalue weighted by atomic mass is 32.2. The number of carboxylic acid groups (broad SMARTS) is 1. The summed E-state index contributed by atoms with van der Waals surface area (Å²) >= 11 is 1.83. The number of nitro groups is 1. The SMILES string of the molecule is CC1CSCC(C)N1c1ccc([N+](=O)[O-])cc1C(=O)O. The molecule has 6 nitrogen and oxygen atoms in total. The molecule has 1 fully saturated rings. The van der Waals surface area contributed by atoms with Crippen molar-refractivity contribution < 1.29 is 14.8 Å². The fraction of sp³-hybridized carbons (Fsp3) is 0.462. The topological polar surface area (TPSA) is 83.7 Å². The third kappa shape index (κ3) is 2.72. The second-order valence-electron chi connectivity index (χ2n) is 4.91. The van der Waals surface area contributed by atoms with Crippen molar-refractivity contribution in [3.8, 4) is 0 Å². The average molecular weight is 296 g/mol. The summed E-state index contributed by atoms with van der Waals surface area (Å²) in [7, 11) is 0. The van der Waals surface area contributed by atoms with Crippen molar-refractivity contribution in [1.82, 2.24) is 0 Å². The van der Waals surface area contributed by atoms with Crippen LogP contribution in [0.25, 0.3) is 0 Å². The summed E-state index contributed by atoms with van der Waals surface area (Å²) in [5.41, 5.74) is 0.353. The summed E-state index contributed by atoms with van der Waals surface area (Å²) in [6.07, 6.45) is 0. The van der Waals surface area contributed by atoms with Crippen LogP contribution in [0.15, 0.2) is 18.2 Å². The molecule has 1 N–H and O–H groups in total. The van der Waals surface area contributed by atoms with E-state index in [0.29, 0.717) is 5.69 Å². The van der Waals surface area contributed by atoms with Crippen molar-refractivity contribution >= 4 is 29.1 Å². The lowest BCUT2D eigenvalue weighted by molar-refractivity contribution is -0.384. The van der Waals surface area contributed by atoms with Crippen LogP contribution in [0.2, 0.25) is 0 Å². The van der Waals surface area contributed by atoms with Gasteiger partial charge >= 0.3 is 5.97 Å². The molecule has 0 amide bonds. The zero-order valence-electron chi connectivity index (χ0n) is 11.3. The van der Waals surface area contributed by atoms with Crippen LogP contribution in [0.3, 0.4) is 0 Å². The Hall–Kier alpha value is -1.76. The first kappa shape index (κ1) is 14.6. The van der Waals surface area contributed by atoms with Gasteiger partial charge in [-0.2, -0.15) is 11.8 Å². The smallest absolute Gasteiger partial charge is 0.338 e. The second-order valence-corrected chi connectivity index (χ2v) is 5.98. The molecule has 1 saturated heterocycles. The van der Waals surface area contributed by atoms with Gasteiger partial charge in [0.1, 0.15) is 0 Å². The van der Waals surface area contributed by atoms with Gasteiger partial charge in [0.25, 0.3) is 5.69 Å². The highest BCUT2D eigenvalue weighted by Gasteiger charge is 2.29. The van der Waals surface area contributed by atoms with Crippen molar-refractivity contribution in [3.05, 3.63) is 33.9 Å². The number of carboxylic acids is 1. The normalized spacial score (nSPS) is 22.6. The van der Waals surface area contributed by atoms with Crippen LogP contribution < -0.4 is 4.90 Å². The lowest BCUT2D eigenvalue weighted by Gasteiger charge is -2.41. The van der Waals surface area contributed by atoms with Crippen LogP contribution in [-0.4, -0.2) is 39.6 Å². The average Bonchev–Trinajstić information content (AvgIpc) is 2.38. The lowest BCUT2D eigenvalue weighted by Crippen LogP contribution is -2.47. The van der Waals surface area contributed by atoms with Crippen molar-refractivity contribution in [2.45, 2.75) is 25.9 Å². The number of rotatable bonds is 3. The van der Waals surface area contributed by atoms with Crippen LogP contribution in [0.5, 0.6) is 0 Å². The van der Waals surface area contributed by atoms with Gasteiger partial charge in [0, 0.05) is 35.7 Å². The summed E-state index contributed by atoms with van der Waals surface area (Å²) in [4.78, 5) is 23.7. The number of anilines is 1. The fourth-order valence-corrected chi connectivity index (χ4v) is 3.65. The van der Waals surface area contributed by atoms with E-state index in [1.807, 2.05) is 30.5 Å². The molecular weight excluding hydrogens is 280 g/mol. The van der Waals surface area contributed by atoms with E-state index in [1.54, 1.807) is 6.07 Å². The maximum atomic E-state index is 11.4. The minimum Gasteiger partial charge on any atom is -0.478 e. The van der Waals surface area contributed by atoms with Crippen LogP contribution >= 0.6 is 11.8 Å². The van der Waals surface area contributed by atoms with Crippen LogP contribution in [0.1, 0.15) is 24.2 Å². The van der Waals surface area contributed by atoms with Gasteiger partial charge in [0.15, 0.2) is 0 Å². The first-order valence-corrected chi connectivity index (χ1v) is 7.45. The van der Waals surface area contributed by atoms with Gasteiger partial charge in [-0.3, -0.25) is 10.1 Å². The molecular formula is C13H16N2O4S. The van der Waals surface area contributed by atoms with Gasteiger partial charge < -0.3 is 10.0 Å². The van der Waals surface area contributed by atoms with E-state index < -0.39 is 10.9 Å². The van der Waals surface area contributed by atoms with Crippen molar-refractivity contribution in [2.24, 2.45) is 0 Å². The highest BCUT2D eigenvalue weighted by Crippen LogP contribution is 2.32. The quantitative estimate of drug-likeness (QED) is 0.682. The molecule has 0 radical (unpaired) electrons. The number of aromatic carboxylic acids is 1. The van der Waals surface area contributed by atoms with Crippen LogP contribution in [0, 0.1) is 10.1 Å². The van der Waals surface area contributed by atoms with E-state index >= 15 is 0 Å². The van der Waals surface area contributed by atoms with Gasteiger partial charge in [-0.25, -0.2) is 4.79 Å². The zero-order valence-corrected chi connectivity index (χ0v) is 12.1. The third-order valence-electron chi connectivity index (χ3n) is 3.37. The van der Waals surface area contributed by atoms with Crippen LogP contribution in [-0.2, 0) is 0 Å². The Morgan fingerprint density at radius 2 is 2.00 bits per heavy atom. The van der Waals surface area contributed by atoms with Crippen molar-refractivity contribution in [1.29, 1.82) is 0 Å². The first-order chi connectivity index (χ1) is 9.41. The van der Waals surface area contributed by atoms with Gasteiger partial charge in [-0.1, -0.05) is 0 Å². The molecule has 0 bridgehead atoms. The van der Waals surface area contributed by atoms with Gasteiger partial charge in [0.05, 0.1) is 16.2 Å². The minimum atomic E-state index is -1.14. The maximum Gasteiger partial charge on any atom is 0.338 e. The number of hydrogen-bond acceptors (Lipinski definition) is 5. The van der Waals surface area contributed by atoms with Crippen molar-refractivity contribution in [2.75, 3.05) is 16.4 Å². The zero-order chi connectivity index (χ0) is 14.9. The van der Waals surface area contributed by atoms with E-state index in [2.05, 4.69) is 0 Å². The Balaban J connectivity index is 2.49. The highest BCUT2D eigenvalue weighted by molar-refractivity contribution is 7.99. The lowest BCUT2D eigenvalue weighted by atomic mass is 10.1. The Labute approximate surface area is 120 Å². The van der Waals surface area contributed by atoms with Crippen molar-refractivity contribution in [3.63, 3.8) is 0 Å². The molecule has 1 heterocycles. The van der Waals surface area contributed by atoms with Gasteiger partial charge in [0.2, 0.25) is 0 Å². The number of non-ortho nitro benzene ring substituents is 1. The molecule has 0 saturated carbocycles. The van der Waals surface area contributed by atoms with E-state index in [0.717, 1.165) is 17.6 Å². The molecule has 1 aromatic carbocycles. The monoisotopic (exact) mass is 296 g/mol. The van der Waals surface area contributed by atoms with Gasteiger partial charge in [-0.05, 0) is 19.9 Å². The summed E-state index contributed by atoms with van der Waals surface area (Å²) in [5, 5.41) is 20.1. The summed E-state index contributed by atoms with van der Waals surface area (Å²) < 4.78 is 0. The number of carbonyl (C=O) groups is 1.